The molecule has 0 fully saturated rings. The van der Waals surface area contributed by atoms with Gasteiger partial charge in [-0.15, -0.1) is 0 Å². The van der Waals surface area contributed by atoms with Gasteiger partial charge in [0.05, 0.1) is 8.07 Å². The molecule has 0 radical (unpaired) electrons. The predicted octanol–water partition coefficient (Wildman–Crippen LogP) is 1.35. The molecule has 3 aromatic carbocycles. The molecule has 0 bridgehead atoms. The van der Waals surface area contributed by atoms with E-state index in [0.717, 1.165) is 11.1 Å². The van der Waals surface area contributed by atoms with Crippen LogP contribution in [0.4, 0.5) is 0 Å². The van der Waals surface area contributed by atoms with E-state index in [1.807, 2.05) is 54.6 Å². The third-order valence-electron chi connectivity index (χ3n) is 4.98. The fourth-order valence-corrected chi connectivity index (χ4v) is 6.33. The molecule has 0 saturated heterocycles. The summed E-state index contributed by atoms with van der Waals surface area (Å²) < 4.78 is 5.54. The van der Waals surface area contributed by atoms with E-state index >= 15 is 0 Å². The molecule has 0 spiro atoms. The van der Waals surface area contributed by atoms with E-state index in [4.69, 9.17) is 4.74 Å². The summed E-state index contributed by atoms with van der Waals surface area (Å²) in [6.07, 6.45) is 1.78. The van der Waals surface area contributed by atoms with Gasteiger partial charge in [0, 0.05) is 18.1 Å². The maximum absolute atomic E-state index is 12.6. The molecule has 3 rings (SSSR count). The maximum atomic E-state index is 12.6. The Hall–Kier alpha value is -2.19. The van der Waals surface area contributed by atoms with Crippen LogP contribution in [0, 0.1) is 0 Å². The third kappa shape index (κ3) is 5.66. The van der Waals surface area contributed by atoms with Crippen molar-refractivity contribution in [3.05, 3.63) is 114 Å². The number of rotatable bonds is 7. The Bertz CT molecular complexity index is 865. The average molecular weight is 380 g/mol. The summed E-state index contributed by atoms with van der Waals surface area (Å²) in [4.78, 5) is 0. The van der Waals surface area contributed by atoms with Gasteiger partial charge in [0.25, 0.3) is 0 Å². The van der Waals surface area contributed by atoms with E-state index in [-0.39, 0.29) is 30.3 Å². The van der Waals surface area contributed by atoms with E-state index in [0.29, 0.717) is 6.61 Å². The Labute approximate surface area is 181 Å². The first-order valence-corrected chi connectivity index (χ1v) is 12.3. The molecule has 28 heavy (non-hydrogen) atoms. The predicted molar refractivity (Wildman–Crippen MR) is 112 cm³/mol. The standard InChI is InChI=1S/C24H26O2Si.Li/c1-27(2,22-16-10-5-11-17-22)23(21-14-8-4-9-15-21)18-24(25)26-19-20-12-6-3-7-13-20;/h3-18,23,25H,19H2,1-2H3;/q;+1/p-1/b24-18+;. The first-order chi connectivity index (χ1) is 13.1. The second-order valence-electron chi connectivity index (χ2n) is 7.24. The molecule has 1 unspecified atom stereocenters. The molecule has 2 nitrogen and oxygen atoms in total. The van der Waals surface area contributed by atoms with Gasteiger partial charge in [0.1, 0.15) is 0 Å². The number of ether oxygens (including phenoxy) is 1. The van der Waals surface area contributed by atoms with Crippen LogP contribution in [0.3, 0.4) is 0 Å². The minimum absolute atomic E-state index is 0. The second kappa shape index (κ2) is 10.4. The summed E-state index contributed by atoms with van der Waals surface area (Å²) in [7, 11) is -1.98. The van der Waals surface area contributed by atoms with Gasteiger partial charge in [-0.3, -0.25) is 0 Å². The Morgan fingerprint density at radius 2 is 1.36 bits per heavy atom. The first kappa shape index (κ1) is 22.1. The molecule has 0 heterocycles. The topological polar surface area (TPSA) is 32.3 Å². The Balaban J connectivity index is 0.00000280. The van der Waals surface area contributed by atoms with Crippen molar-refractivity contribution in [1.29, 1.82) is 0 Å². The van der Waals surface area contributed by atoms with Crippen molar-refractivity contribution in [1.82, 2.24) is 0 Å². The van der Waals surface area contributed by atoms with Crippen LogP contribution in [-0.4, -0.2) is 8.07 Å². The molecule has 4 heteroatoms. The van der Waals surface area contributed by atoms with Crippen LogP contribution < -0.4 is 29.2 Å². The number of allylic oxidation sites excluding steroid dienone is 1. The molecule has 0 saturated carbocycles. The van der Waals surface area contributed by atoms with Gasteiger partial charge in [-0.25, -0.2) is 0 Å². The van der Waals surface area contributed by atoms with E-state index in [9.17, 15) is 5.11 Å². The van der Waals surface area contributed by atoms with Crippen molar-refractivity contribution in [2.75, 3.05) is 0 Å². The minimum Gasteiger partial charge on any atom is -0.609 e. The molecule has 3 aromatic rings. The third-order valence-corrected chi connectivity index (χ3v) is 8.86. The van der Waals surface area contributed by atoms with E-state index in [2.05, 4.69) is 49.5 Å². The van der Waals surface area contributed by atoms with Gasteiger partial charge >= 0.3 is 18.9 Å². The molecule has 0 aliphatic heterocycles. The summed E-state index contributed by atoms with van der Waals surface area (Å²) in [5.41, 5.74) is 2.20. The number of benzene rings is 3. The van der Waals surface area contributed by atoms with Gasteiger partial charge in [0.15, 0.2) is 0 Å². The Morgan fingerprint density at radius 3 is 1.93 bits per heavy atom. The zero-order chi connectivity index (χ0) is 19.1. The van der Waals surface area contributed by atoms with Gasteiger partial charge in [-0.05, 0) is 11.1 Å². The van der Waals surface area contributed by atoms with Gasteiger partial charge in [-0.1, -0.05) is 115 Å². The molecule has 0 amide bonds. The molecular formula is C24H25LiO2Si. The zero-order valence-electron chi connectivity index (χ0n) is 16.8. The summed E-state index contributed by atoms with van der Waals surface area (Å²) in [5.74, 6) is -0.260. The smallest absolute Gasteiger partial charge is 0.609 e. The molecule has 0 aromatic heterocycles. The van der Waals surface area contributed by atoms with E-state index in [1.54, 1.807) is 6.08 Å². The monoisotopic (exact) mass is 380 g/mol. The van der Waals surface area contributed by atoms with Crippen molar-refractivity contribution in [3.63, 3.8) is 0 Å². The summed E-state index contributed by atoms with van der Waals surface area (Å²) in [5, 5.41) is 13.9. The molecular weight excluding hydrogens is 355 g/mol. The SMILES string of the molecule is C[Si](C)(c1ccccc1)C(/C=C(\[O-])OCc1ccccc1)c1ccccc1.[Li+]. The normalized spacial score (nSPS) is 12.7. The van der Waals surface area contributed by atoms with Crippen molar-refractivity contribution in [3.8, 4) is 0 Å². The largest absolute Gasteiger partial charge is 1.00 e. The van der Waals surface area contributed by atoms with Crippen LogP contribution in [0.5, 0.6) is 0 Å². The minimum atomic E-state index is -1.98. The van der Waals surface area contributed by atoms with Crippen molar-refractivity contribution in [2.45, 2.75) is 25.2 Å². The number of hydrogen-bond donors (Lipinski definition) is 0. The summed E-state index contributed by atoms with van der Waals surface area (Å²) in [6.45, 7) is 4.91. The zero-order valence-corrected chi connectivity index (χ0v) is 17.8. The quantitative estimate of drug-likeness (QED) is 0.458. The second-order valence-corrected chi connectivity index (χ2v) is 11.9. The molecule has 138 valence electrons. The first-order valence-electron chi connectivity index (χ1n) is 9.23. The summed E-state index contributed by atoms with van der Waals surface area (Å²) in [6, 6.07) is 30.6. The van der Waals surface area contributed by atoms with Gasteiger partial charge in [0.2, 0.25) is 0 Å². The van der Waals surface area contributed by atoms with E-state index in [1.165, 1.54) is 5.19 Å². The van der Waals surface area contributed by atoms with Crippen molar-refractivity contribution < 1.29 is 28.7 Å². The van der Waals surface area contributed by atoms with Crippen LogP contribution >= 0.6 is 0 Å². The van der Waals surface area contributed by atoms with Gasteiger partial charge < -0.3 is 9.84 Å². The Morgan fingerprint density at radius 1 is 0.857 bits per heavy atom. The molecule has 0 aliphatic carbocycles. The van der Waals surface area contributed by atoms with Crippen LogP contribution in [0.25, 0.3) is 0 Å². The van der Waals surface area contributed by atoms with Crippen LogP contribution in [-0.2, 0) is 11.3 Å². The summed E-state index contributed by atoms with van der Waals surface area (Å²) >= 11 is 0. The molecule has 1 atom stereocenters. The Kier molecular flexibility index (Phi) is 8.20. The van der Waals surface area contributed by atoms with E-state index < -0.39 is 8.07 Å². The molecule has 0 aliphatic rings. The van der Waals surface area contributed by atoms with Crippen LogP contribution in [0.15, 0.2) is 103 Å². The number of hydrogen-bond acceptors (Lipinski definition) is 2. The van der Waals surface area contributed by atoms with Crippen molar-refractivity contribution >= 4 is 13.3 Å². The molecule has 0 N–H and O–H groups in total. The van der Waals surface area contributed by atoms with Crippen molar-refractivity contribution in [2.24, 2.45) is 0 Å². The van der Waals surface area contributed by atoms with Gasteiger partial charge in [-0.2, -0.15) is 0 Å². The fraction of sp³-hybridized carbons (Fsp3) is 0.167. The maximum Gasteiger partial charge on any atom is 1.00 e. The average Bonchev–Trinajstić information content (AvgIpc) is 2.72. The fourth-order valence-electron chi connectivity index (χ4n) is 3.34. The van der Waals surface area contributed by atoms with Crippen LogP contribution in [0.1, 0.15) is 16.7 Å². The van der Waals surface area contributed by atoms with Crippen LogP contribution in [0.2, 0.25) is 13.1 Å².